The summed E-state index contributed by atoms with van der Waals surface area (Å²) in [6.45, 7) is 0.491. The van der Waals surface area contributed by atoms with E-state index in [1.54, 1.807) is 54.2 Å². The van der Waals surface area contributed by atoms with Gasteiger partial charge in [0.25, 0.3) is 5.91 Å². The molecule has 0 saturated carbocycles. The molecular weight excluding hydrogens is 429 g/mol. The van der Waals surface area contributed by atoms with Crippen LogP contribution in [0, 0.1) is 5.82 Å². The second-order valence-electron chi connectivity index (χ2n) is 6.16. The number of anilines is 2. The number of halogens is 2. The van der Waals surface area contributed by atoms with Gasteiger partial charge in [0.15, 0.2) is 5.76 Å². The summed E-state index contributed by atoms with van der Waals surface area (Å²) in [6.07, 6.45) is 2.16. The molecule has 0 aliphatic carbocycles. The van der Waals surface area contributed by atoms with Crippen LogP contribution in [0.25, 0.3) is 0 Å². The van der Waals surface area contributed by atoms with Crippen LogP contribution in [0.5, 0.6) is 0 Å². The number of carbonyl (C=O) groups excluding carboxylic acids is 2. The molecule has 0 fully saturated rings. The van der Waals surface area contributed by atoms with Gasteiger partial charge in [-0.15, -0.1) is 11.8 Å². The Morgan fingerprint density at radius 2 is 1.87 bits per heavy atom. The lowest BCUT2D eigenvalue weighted by molar-refractivity contribution is 0.0996. The number of thioether (sulfide) groups is 1. The summed E-state index contributed by atoms with van der Waals surface area (Å²) in [7, 11) is 0. The molecule has 3 amide bonds. The molecule has 0 bridgehead atoms. The average Bonchev–Trinajstić information content (AvgIpc) is 3.26. The Hall–Kier alpha value is -2.97. The minimum Gasteiger partial charge on any atom is -0.459 e. The molecule has 0 spiro atoms. The number of hydrogen-bond acceptors (Lipinski definition) is 4. The average molecular weight is 448 g/mol. The quantitative estimate of drug-likeness (QED) is 0.309. The largest absolute Gasteiger partial charge is 0.459 e. The van der Waals surface area contributed by atoms with Gasteiger partial charge in [-0.1, -0.05) is 11.6 Å². The molecule has 3 aromatic rings. The smallest absolute Gasteiger partial charge is 0.319 e. The van der Waals surface area contributed by atoms with Crippen LogP contribution in [0.4, 0.5) is 20.6 Å². The molecule has 6 nitrogen and oxygen atoms in total. The number of benzene rings is 2. The zero-order chi connectivity index (χ0) is 21.3. The van der Waals surface area contributed by atoms with Gasteiger partial charge in [-0.2, -0.15) is 0 Å². The molecule has 30 heavy (non-hydrogen) atoms. The summed E-state index contributed by atoms with van der Waals surface area (Å²) in [5.74, 6) is 0.289. The maximum Gasteiger partial charge on any atom is 0.319 e. The first-order valence-corrected chi connectivity index (χ1v) is 10.5. The van der Waals surface area contributed by atoms with Gasteiger partial charge in [0, 0.05) is 17.1 Å². The zero-order valence-electron chi connectivity index (χ0n) is 15.8. The van der Waals surface area contributed by atoms with E-state index in [4.69, 9.17) is 16.0 Å². The van der Waals surface area contributed by atoms with Gasteiger partial charge in [-0.25, -0.2) is 9.18 Å². The number of nitrogens with one attached hydrogen (secondary N) is 3. The molecule has 0 radical (unpaired) electrons. The van der Waals surface area contributed by atoms with Gasteiger partial charge in [0.2, 0.25) is 0 Å². The molecule has 1 heterocycles. The molecule has 0 saturated heterocycles. The van der Waals surface area contributed by atoms with Crippen molar-refractivity contribution in [3.8, 4) is 0 Å². The van der Waals surface area contributed by atoms with Crippen molar-refractivity contribution < 1.29 is 18.4 Å². The molecule has 3 N–H and O–H groups in total. The summed E-state index contributed by atoms with van der Waals surface area (Å²) in [4.78, 5) is 25.0. The summed E-state index contributed by atoms with van der Waals surface area (Å²) >= 11 is 7.78. The highest BCUT2D eigenvalue weighted by atomic mass is 35.5. The fraction of sp³-hybridized carbons (Fsp3) is 0.143. The highest BCUT2D eigenvalue weighted by molar-refractivity contribution is 7.99. The lowest BCUT2D eigenvalue weighted by atomic mass is 10.2. The monoisotopic (exact) mass is 447 g/mol. The van der Waals surface area contributed by atoms with Gasteiger partial charge >= 0.3 is 6.03 Å². The van der Waals surface area contributed by atoms with Crippen molar-refractivity contribution in [1.82, 2.24) is 5.32 Å². The number of furan rings is 1. The fourth-order valence-electron chi connectivity index (χ4n) is 2.46. The lowest BCUT2D eigenvalue weighted by Crippen LogP contribution is -2.29. The SMILES string of the molecule is O=C(NCCCSc1ccc(F)cc1)Nc1ccc(NC(=O)c2ccco2)c(Cl)c1. The number of carbonyl (C=O) groups is 2. The minimum absolute atomic E-state index is 0.172. The lowest BCUT2D eigenvalue weighted by Gasteiger charge is -2.10. The third-order valence-corrected chi connectivity index (χ3v) is 5.32. The van der Waals surface area contributed by atoms with Crippen LogP contribution in [0.2, 0.25) is 5.02 Å². The van der Waals surface area contributed by atoms with Crippen molar-refractivity contribution in [2.45, 2.75) is 11.3 Å². The van der Waals surface area contributed by atoms with Crippen LogP contribution in [0.1, 0.15) is 17.0 Å². The number of urea groups is 1. The Morgan fingerprint density at radius 1 is 1.07 bits per heavy atom. The molecule has 0 aliphatic rings. The standard InChI is InChI=1S/C21H19ClFN3O3S/c22-17-13-15(6-9-18(17)26-20(27)19-3-1-11-29-19)25-21(28)24-10-2-12-30-16-7-4-14(23)5-8-16/h1,3-9,11,13H,2,10,12H2,(H,26,27)(H2,24,25,28). The van der Waals surface area contributed by atoms with Crippen LogP contribution in [0.15, 0.2) is 70.2 Å². The molecule has 9 heteroatoms. The number of amides is 3. The maximum atomic E-state index is 12.9. The Balaban J connectivity index is 1.40. The van der Waals surface area contributed by atoms with Crippen LogP contribution >= 0.6 is 23.4 Å². The second-order valence-corrected chi connectivity index (χ2v) is 7.74. The second kappa shape index (κ2) is 10.7. The van der Waals surface area contributed by atoms with Crippen molar-refractivity contribution in [1.29, 1.82) is 0 Å². The van der Waals surface area contributed by atoms with E-state index in [0.717, 1.165) is 17.1 Å². The number of hydrogen-bond donors (Lipinski definition) is 3. The van der Waals surface area contributed by atoms with Crippen LogP contribution in [-0.4, -0.2) is 24.2 Å². The van der Waals surface area contributed by atoms with E-state index in [9.17, 15) is 14.0 Å². The van der Waals surface area contributed by atoms with Crippen LogP contribution < -0.4 is 16.0 Å². The van der Waals surface area contributed by atoms with E-state index in [0.29, 0.717) is 17.9 Å². The molecular formula is C21H19ClFN3O3S. The minimum atomic E-state index is -0.418. The van der Waals surface area contributed by atoms with E-state index in [1.807, 2.05) is 0 Å². The van der Waals surface area contributed by atoms with Crippen molar-refractivity contribution >= 4 is 46.7 Å². The zero-order valence-corrected chi connectivity index (χ0v) is 17.4. The van der Waals surface area contributed by atoms with Gasteiger partial charge < -0.3 is 20.4 Å². The molecule has 1 aromatic heterocycles. The first-order chi connectivity index (χ1) is 14.5. The predicted molar refractivity (Wildman–Crippen MR) is 117 cm³/mol. The molecule has 0 aliphatic heterocycles. The van der Waals surface area contributed by atoms with Gasteiger partial charge in [-0.05, 0) is 66.8 Å². The van der Waals surface area contributed by atoms with E-state index in [2.05, 4.69) is 16.0 Å². The van der Waals surface area contributed by atoms with Crippen molar-refractivity contribution in [2.75, 3.05) is 22.9 Å². The third kappa shape index (κ3) is 6.53. The molecule has 156 valence electrons. The summed E-state index contributed by atoms with van der Waals surface area (Å²) in [6, 6.07) is 13.9. The highest BCUT2D eigenvalue weighted by Gasteiger charge is 2.11. The van der Waals surface area contributed by atoms with E-state index in [-0.39, 0.29) is 22.6 Å². The summed E-state index contributed by atoms with van der Waals surface area (Å²) in [5, 5.41) is 8.38. The van der Waals surface area contributed by atoms with E-state index < -0.39 is 5.91 Å². The maximum absolute atomic E-state index is 12.9. The summed E-state index contributed by atoms with van der Waals surface area (Å²) in [5.41, 5.74) is 0.899. The van der Waals surface area contributed by atoms with Gasteiger partial charge in [0.05, 0.1) is 17.0 Å². The molecule has 0 atom stereocenters. The Bertz CT molecular complexity index is 997. The first-order valence-electron chi connectivity index (χ1n) is 9.09. The topological polar surface area (TPSA) is 83.4 Å². The Kier molecular flexibility index (Phi) is 7.75. The number of rotatable bonds is 8. The van der Waals surface area contributed by atoms with Gasteiger partial charge in [0.1, 0.15) is 5.82 Å². The third-order valence-electron chi connectivity index (χ3n) is 3.91. The van der Waals surface area contributed by atoms with Crippen molar-refractivity contribution in [3.63, 3.8) is 0 Å². The van der Waals surface area contributed by atoms with Crippen molar-refractivity contribution in [3.05, 3.63) is 77.5 Å². The Morgan fingerprint density at radius 3 is 2.57 bits per heavy atom. The fourth-order valence-corrected chi connectivity index (χ4v) is 3.54. The molecule has 0 unspecified atom stereocenters. The summed E-state index contributed by atoms with van der Waals surface area (Å²) < 4.78 is 17.9. The predicted octanol–water partition coefficient (Wildman–Crippen LogP) is 5.63. The highest BCUT2D eigenvalue weighted by Crippen LogP contribution is 2.26. The molecule has 3 rings (SSSR count). The van der Waals surface area contributed by atoms with E-state index >= 15 is 0 Å². The van der Waals surface area contributed by atoms with Crippen molar-refractivity contribution in [2.24, 2.45) is 0 Å². The Labute approximate surface area is 182 Å². The normalized spacial score (nSPS) is 10.5. The van der Waals surface area contributed by atoms with Gasteiger partial charge in [-0.3, -0.25) is 4.79 Å². The molecule has 2 aromatic carbocycles. The first kappa shape index (κ1) is 21.7. The van der Waals surface area contributed by atoms with E-state index in [1.165, 1.54) is 18.4 Å². The van der Waals surface area contributed by atoms with Crippen LogP contribution in [0.3, 0.4) is 0 Å². The van der Waals surface area contributed by atoms with Crippen LogP contribution in [-0.2, 0) is 0 Å².